The van der Waals surface area contributed by atoms with Gasteiger partial charge in [-0.1, -0.05) is 6.08 Å². The minimum absolute atomic E-state index is 0.181. The third-order valence-corrected chi connectivity index (χ3v) is 3.38. The van der Waals surface area contributed by atoms with Crippen LogP contribution >= 0.6 is 0 Å². The molecule has 0 aromatic heterocycles. The Balaban J connectivity index is 2.56. The summed E-state index contributed by atoms with van der Waals surface area (Å²) in [6.07, 6.45) is -2.40. The fraction of sp³-hybridized carbons (Fsp3) is 0.214. The number of hydroxylamine groups is 2. The van der Waals surface area contributed by atoms with Crippen molar-refractivity contribution in [2.45, 2.75) is 12.2 Å². The van der Waals surface area contributed by atoms with Crippen LogP contribution in [-0.2, 0) is 0 Å². The van der Waals surface area contributed by atoms with Crippen molar-refractivity contribution in [3.05, 3.63) is 51.7 Å². The van der Waals surface area contributed by atoms with Crippen LogP contribution in [0.15, 0.2) is 36.1 Å². The maximum absolute atomic E-state index is 13.1. The minimum Gasteiger partial charge on any atom is -0.500 e. The van der Waals surface area contributed by atoms with Gasteiger partial charge in [-0.05, 0) is 12.1 Å². The number of nitrogens with zero attached hydrogens (tertiary/aromatic N) is 2. The number of phenols is 1. The van der Waals surface area contributed by atoms with Crippen molar-refractivity contribution in [3.63, 3.8) is 0 Å². The van der Waals surface area contributed by atoms with Crippen LogP contribution in [0.25, 0.3) is 0 Å². The third-order valence-electron chi connectivity index (χ3n) is 3.38. The zero-order chi connectivity index (χ0) is 18.9. The molecule has 25 heavy (non-hydrogen) atoms. The summed E-state index contributed by atoms with van der Waals surface area (Å²) in [5.41, 5.74) is -2.26. The molecule has 0 bridgehead atoms. The zero-order valence-corrected chi connectivity index (χ0v) is 12.5. The van der Waals surface area contributed by atoms with E-state index in [0.29, 0.717) is 6.07 Å². The average molecular weight is 360 g/mol. The molecule has 0 saturated heterocycles. The van der Waals surface area contributed by atoms with Crippen LogP contribution in [0.5, 0.6) is 11.5 Å². The van der Waals surface area contributed by atoms with E-state index in [4.69, 9.17) is 4.74 Å². The molecule has 1 unspecified atom stereocenters. The molecule has 1 aliphatic rings. The first-order chi connectivity index (χ1) is 11.6. The van der Waals surface area contributed by atoms with E-state index in [-0.39, 0.29) is 5.06 Å². The smallest absolute Gasteiger partial charge is 0.415 e. The topological polar surface area (TPSA) is 113 Å². The first-order valence-electron chi connectivity index (χ1n) is 6.60. The number of carbonyl (C=O) groups excluding carboxylic acids is 1. The Morgan fingerprint density at radius 2 is 2.04 bits per heavy atom. The molecule has 0 amide bonds. The molecule has 134 valence electrons. The summed E-state index contributed by atoms with van der Waals surface area (Å²) in [6, 6.07) is -1.13. The first kappa shape index (κ1) is 18.3. The van der Waals surface area contributed by atoms with E-state index in [9.17, 15) is 38.4 Å². The number of nitro benzene ring substituents is 1. The highest BCUT2D eigenvalue weighted by Crippen LogP contribution is 2.39. The molecule has 1 heterocycles. The molecule has 2 rings (SSSR count). The Morgan fingerprint density at radius 3 is 2.56 bits per heavy atom. The highest BCUT2D eigenvalue weighted by Gasteiger charge is 2.48. The lowest BCUT2D eigenvalue weighted by molar-refractivity contribution is -0.386. The van der Waals surface area contributed by atoms with Gasteiger partial charge in [-0.2, -0.15) is 13.2 Å². The van der Waals surface area contributed by atoms with Gasteiger partial charge in [0.05, 0.1) is 12.0 Å². The van der Waals surface area contributed by atoms with E-state index in [1.807, 2.05) is 0 Å². The number of Topliss-reactive ketones (excluding diaryl/α,β-unsaturated/α-hetero) is 1. The van der Waals surface area contributed by atoms with Gasteiger partial charge in [-0.15, -0.1) is 0 Å². The SMILES string of the molecule is COc1cc(C(=O)C2=CC=CN(O)C2C(F)(F)F)cc([N+](=O)[O-])c1O. The van der Waals surface area contributed by atoms with Crippen LogP contribution in [0, 0.1) is 10.1 Å². The Morgan fingerprint density at radius 1 is 1.40 bits per heavy atom. The molecule has 11 heteroatoms. The molecule has 8 nitrogen and oxygen atoms in total. The maximum Gasteiger partial charge on any atom is 0.415 e. The molecule has 0 saturated carbocycles. The molecular formula is C14H11F3N2O6. The van der Waals surface area contributed by atoms with E-state index in [2.05, 4.69) is 0 Å². The highest BCUT2D eigenvalue weighted by atomic mass is 19.4. The van der Waals surface area contributed by atoms with Crippen molar-refractivity contribution < 1.29 is 37.9 Å². The van der Waals surface area contributed by atoms with Crippen LogP contribution in [0.2, 0.25) is 0 Å². The van der Waals surface area contributed by atoms with Crippen molar-refractivity contribution >= 4 is 11.5 Å². The second-order valence-corrected chi connectivity index (χ2v) is 4.92. The summed E-state index contributed by atoms with van der Waals surface area (Å²) in [7, 11) is 1.06. The molecule has 1 aromatic rings. The molecule has 0 aliphatic carbocycles. The Bertz CT molecular complexity index is 788. The van der Waals surface area contributed by atoms with Gasteiger partial charge in [0.15, 0.2) is 17.6 Å². The molecule has 0 radical (unpaired) electrons. The standard InChI is InChI=1S/C14H11F3N2O6/c1-25-10-6-7(5-9(12(10)21)19(23)24)11(20)8-3-2-4-18(22)13(8)14(15,16)17/h2-6,13,21-22H,1H3. The Kier molecular flexibility index (Phi) is 4.70. The lowest BCUT2D eigenvalue weighted by atomic mass is 9.94. The van der Waals surface area contributed by atoms with Gasteiger partial charge in [-0.25, -0.2) is 5.06 Å². The zero-order valence-electron chi connectivity index (χ0n) is 12.5. The van der Waals surface area contributed by atoms with Gasteiger partial charge >= 0.3 is 11.9 Å². The van der Waals surface area contributed by atoms with Gasteiger partial charge in [0.1, 0.15) is 0 Å². The summed E-state index contributed by atoms with van der Waals surface area (Å²) in [4.78, 5) is 22.4. The van der Waals surface area contributed by atoms with E-state index in [0.717, 1.165) is 31.5 Å². The molecule has 0 fully saturated rings. The maximum atomic E-state index is 13.1. The summed E-state index contributed by atoms with van der Waals surface area (Å²) < 4.78 is 44.1. The van der Waals surface area contributed by atoms with Crippen molar-refractivity contribution in [2.24, 2.45) is 0 Å². The number of carbonyl (C=O) groups is 1. The molecular weight excluding hydrogens is 349 g/mol. The number of allylic oxidation sites excluding steroid dienone is 2. The number of nitro groups is 1. The van der Waals surface area contributed by atoms with Gasteiger partial charge in [0.25, 0.3) is 0 Å². The number of aromatic hydroxyl groups is 1. The van der Waals surface area contributed by atoms with E-state index in [1.54, 1.807) is 0 Å². The number of rotatable bonds is 4. The highest BCUT2D eigenvalue weighted by molar-refractivity contribution is 6.10. The second-order valence-electron chi connectivity index (χ2n) is 4.92. The number of ketones is 1. The van der Waals surface area contributed by atoms with Crippen LogP contribution < -0.4 is 4.74 Å². The van der Waals surface area contributed by atoms with Crippen LogP contribution in [0.3, 0.4) is 0 Å². The summed E-state index contributed by atoms with van der Waals surface area (Å²) >= 11 is 0. The summed E-state index contributed by atoms with van der Waals surface area (Å²) in [5, 5.41) is 29.8. The van der Waals surface area contributed by atoms with Crippen LogP contribution in [-0.4, -0.2) is 45.4 Å². The number of phenolic OH excluding ortho intramolecular Hbond substituents is 1. The van der Waals surface area contributed by atoms with Crippen molar-refractivity contribution in [2.75, 3.05) is 7.11 Å². The predicted octanol–water partition coefficient (Wildman–Crippen LogP) is 2.57. The lowest BCUT2D eigenvalue weighted by Gasteiger charge is -2.30. The third kappa shape index (κ3) is 3.40. The number of alkyl halides is 3. The predicted molar refractivity (Wildman–Crippen MR) is 76.3 cm³/mol. The molecule has 1 aliphatic heterocycles. The first-order valence-corrected chi connectivity index (χ1v) is 6.60. The minimum atomic E-state index is -4.98. The average Bonchev–Trinajstić information content (AvgIpc) is 2.52. The monoisotopic (exact) mass is 360 g/mol. The quantitative estimate of drug-likeness (QED) is 0.482. The number of methoxy groups -OCH3 is 1. The fourth-order valence-electron chi connectivity index (χ4n) is 2.27. The molecule has 1 aromatic carbocycles. The number of hydrogen-bond acceptors (Lipinski definition) is 7. The van der Waals surface area contributed by atoms with E-state index < -0.39 is 51.2 Å². The number of benzene rings is 1. The van der Waals surface area contributed by atoms with E-state index in [1.165, 1.54) is 0 Å². The molecule has 0 spiro atoms. The Labute approximate surface area is 138 Å². The fourth-order valence-corrected chi connectivity index (χ4v) is 2.27. The molecule has 1 atom stereocenters. The van der Waals surface area contributed by atoms with Gasteiger partial charge < -0.3 is 9.84 Å². The summed E-state index contributed by atoms with van der Waals surface area (Å²) in [6.45, 7) is 0. The number of hydrogen-bond donors (Lipinski definition) is 2. The molecule has 2 N–H and O–H groups in total. The van der Waals surface area contributed by atoms with Gasteiger partial charge in [0, 0.05) is 23.4 Å². The van der Waals surface area contributed by atoms with Crippen LogP contribution in [0.4, 0.5) is 18.9 Å². The summed E-state index contributed by atoms with van der Waals surface area (Å²) in [5.74, 6) is -2.53. The van der Waals surface area contributed by atoms with Crippen molar-refractivity contribution in [3.8, 4) is 11.5 Å². The van der Waals surface area contributed by atoms with Gasteiger partial charge in [-0.3, -0.25) is 20.1 Å². The van der Waals surface area contributed by atoms with E-state index >= 15 is 0 Å². The van der Waals surface area contributed by atoms with Crippen molar-refractivity contribution in [1.82, 2.24) is 5.06 Å². The normalized spacial score (nSPS) is 17.2. The second kappa shape index (κ2) is 6.43. The largest absolute Gasteiger partial charge is 0.500 e. The number of halogens is 3. The number of ether oxygens (including phenoxy) is 1. The van der Waals surface area contributed by atoms with Crippen molar-refractivity contribution in [1.29, 1.82) is 0 Å². The lowest BCUT2D eigenvalue weighted by Crippen LogP contribution is -2.45. The Hall–Kier alpha value is -3.08. The van der Waals surface area contributed by atoms with Gasteiger partial charge in [0.2, 0.25) is 5.75 Å². The van der Waals surface area contributed by atoms with Crippen LogP contribution in [0.1, 0.15) is 10.4 Å².